The average Bonchev–Trinajstić information content (AvgIpc) is 2.64. The Morgan fingerprint density at radius 1 is 0.920 bits per heavy atom. The smallest absolute Gasteiger partial charge is 0.156 e. The molecular weight excluding hydrogens is 312 g/mol. The molecule has 128 valence electrons. The van der Waals surface area contributed by atoms with Gasteiger partial charge in [-0.2, -0.15) is 0 Å². The summed E-state index contributed by atoms with van der Waals surface area (Å²) < 4.78 is 5.16. The predicted octanol–water partition coefficient (Wildman–Crippen LogP) is 3.53. The predicted molar refractivity (Wildman–Crippen MR) is 98.0 cm³/mol. The van der Waals surface area contributed by atoms with Gasteiger partial charge in [0.1, 0.15) is 12.4 Å². The molecule has 3 aromatic rings. The first kappa shape index (κ1) is 17.0. The van der Waals surface area contributed by atoms with Gasteiger partial charge in [0.25, 0.3) is 0 Å². The molecule has 0 aliphatic heterocycles. The molecule has 0 spiro atoms. The van der Waals surface area contributed by atoms with Gasteiger partial charge in [0, 0.05) is 26.0 Å². The van der Waals surface area contributed by atoms with E-state index in [1.807, 2.05) is 30.5 Å². The summed E-state index contributed by atoms with van der Waals surface area (Å²) in [5.41, 5.74) is 3.54. The summed E-state index contributed by atoms with van der Waals surface area (Å²) in [5.74, 6) is 1.55. The largest absolute Gasteiger partial charge is 0.377 e. The van der Waals surface area contributed by atoms with Crippen LogP contribution in [0.5, 0.6) is 0 Å². The zero-order valence-electron chi connectivity index (χ0n) is 14.6. The van der Waals surface area contributed by atoms with Crippen molar-refractivity contribution in [2.75, 3.05) is 12.0 Å². The van der Waals surface area contributed by atoms with Crippen molar-refractivity contribution in [1.29, 1.82) is 0 Å². The lowest BCUT2D eigenvalue weighted by molar-refractivity contribution is 0.178. The Morgan fingerprint density at radius 2 is 1.76 bits per heavy atom. The molecule has 0 amide bonds. The Hall–Kier alpha value is -2.79. The van der Waals surface area contributed by atoms with Crippen LogP contribution in [0.3, 0.4) is 0 Å². The molecule has 0 saturated carbocycles. The molecule has 0 fully saturated rings. The van der Waals surface area contributed by atoms with Gasteiger partial charge in [0.2, 0.25) is 0 Å². The quantitative estimate of drug-likeness (QED) is 0.661. The van der Waals surface area contributed by atoms with E-state index in [0.29, 0.717) is 19.0 Å². The van der Waals surface area contributed by atoms with Crippen molar-refractivity contribution in [3.05, 3.63) is 83.6 Å². The highest BCUT2D eigenvalue weighted by Gasteiger charge is 2.13. The van der Waals surface area contributed by atoms with E-state index < -0.39 is 0 Å². The summed E-state index contributed by atoms with van der Waals surface area (Å²) in [6.45, 7) is 3.96. The summed E-state index contributed by atoms with van der Waals surface area (Å²) in [4.78, 5) is 15.6. The van der Waals surface area contributed by atoms with Crippen LogP contribution >= 0.6 is 0 Å². The SMILES string of the molecule is COCc1nccc(N(Cc2ccccn2)Cc2ccccc2C)n1. The minimum atomic E-state index is 0.398. The van der Waals surface area contributed by atoms with Crippen LogP contribution in [0, 0.1) is 6.92 Å². The monoisotopic (exact) mass is 334 g/mol. The minimum Gasteiger partial charge on any atom is -0.377 e. The maximum absolute atomic E-state index is 5.16. The molecule has 0 bridgehead atoms. The number of aryl methyl sites for hydroxylation is 1. The highest BCUT2D eigenvalue weighted by atomic mass is 16.5. The first-order valence-corrected chi connectivity index (χ1v) is 8.26. The van der Waals surface area contributed by atoms with Gasteiger partial charge in [-0.3, -0.25) is 4.98 Å². The topological polar surface area (TPSA) is 51.1 Å². The van der Waals surface area contributed by atoms with E-state index in [4.69, 9.17) is 4.74 Å². The van der Waals surface area contributed by atoms with Crippen molar-refractivity contribution in [2.45, 2.75) is 26.6 Å². The fourth-order valence-electron chi connectivity index (χ4n) is 2.66. The van der Waals surface area contributed by atoms with Crippen molar-refractivity contribution in [3.8, 4) is 0 Å². The van der Waals surface area contributed by atoms with Crippen LogP contribution in [0.25, 0.3) is 0 Å². The van der Waals surface area contributed by atoms with Crippen LogP contribution < -0.4 is 4.90 Å². The van der Waals surface area contributed by atoms with Crippen molar-refractivity contribution in [1.82, 2.24) is 15.0 Å². The van der Waals surface area contributed by atoms with Crippen LogP contribution in [0.1, 0.15) is 22.6 Å². The number of benzene rings is 1. The second kappa shape index (κ2) is 8.35. The number of anilines is 1. The lowest BCUT2D eigenvalue weighted by Gasteiger charge is -2.24. The molecule has 0 saturated heterocycles. The van der Waals surface area contributed by atoms with E-state index in [-0.39, 0.29) is 0 Å². The molecule has 25 heavy (non-hydrogen) atoms. The molecule has 0 aliphatic rings. The molecule has 2 aromatic heterocycles. The molecule has 2 heterocycles. The van der Waals surface area contributed by atoms with Gasteiger partial charge >= 0.3 is 0 Å². The summed E-state index contributed by atoms with van der Waals surface area (Å²) in [7, 11) is 1.65. The zero-order chi connectivity index (χ0) is 17.5. The van der Waals surface area contributed by atoms with Crippen LogP contribution in [-0.2, 0) is 24.4 Å². The molecule has 0 unspecified atom stereocenters. The molecule has 0 atom stereocenters. The highest BCUT2D eigenvalue weighted by Crippen LogP contribution is 2.19. The summed E-state index contributed by atoms with van der Waals surface area (Å²) in [6, 6.07) is 16.3. The lowest BCUT2D eigenvalue weighted by Crippen LogP contribution is -2.24. The maximum Gasteiger partial charge on any atom is 0.156 e. The second-order valence-corrected chi connectivity index (χ2v) is 5.87. The number of pyridine rings is 1. The van der Waals surface area contributed by atoms with E-state index in [2.05, 4.69) is 51.0 Å². The number of nitrogens with zero attached hydrogens (tertiary/aromatic N) is 4. The lowest BCUT2D eigenvalue weighted by atomic mass is 10.1. The molecular formula is C20H22N4O. The van der Waals surface area contributed by atoms with Crippen LogP contribution in [0.15, 0.2) is 60.9 Å². The van der Waals surface area contributed by atoms with Gasteiger partial charge in [-0.1, -0.05) is 30.3 Å². The van der Waals surface area contributed by atoms with Crippen molar-refractivity contribution in [3.63, 3.8) is 0 Å². The molecule has 0 aliphatic carbocycles. The van der Waals surface area contributed by atoms with Gasteiger partial charge < -0.3 is 9.64 Å². The standard InChI is InChI=1S/C20H22N4O/c1-16-7-3-4-8-17(16)13-24(14-18-9-5-6-11-21-18)20-10-12-22-19(23-20)15-25-2/h3-12H,13-15H2,1-2H3. The Kier molecular flexibility index (Phi) is 5.69. The number of hydrogen-bond acceptors (Lipinski definition) is 5. The maximum atomic E-state index is 5.16. The molecule has 5 nitrogen and oxygen atoms in total. The fraction of sp³-hybridized carbons (Fsp3) is 0.250. The van der Waals surface area contributed by atoms with Crippen molar-refractivity contribution in [2.24, 2.45) is 0 Å². The van der Waals surface area contributed by atoms with E-state index in [1.165, 1.54) is 11.1 Å². The normalized spacial score (nSPS) is 10.6. The van der Waals surface area contributed by atoms with Gasteiger partial charge in [0.05, 0.1) is 12.2 Å². The van der Waals surface area contributed by atoms with Gasteiger partial charge in [-0.05, 0) is 36.2 Å². The van der Waals surface area contributed by atoms with Crippen molar-refractivity contribution >= 4 is 5.82 Å². The minimum absolute atomic E-state index is 0.398. The number of hydrogen-bond donors (Lipinski definition) is 0. The van der Waals surface area contributed by atoms with E-state index in [1.54, 1.807) is 13.3 Å². The average molecular weight is 334 g/mol. The van der Waals surface area contributed by atoms with Gasteiger partial charge in [-0.25, -0.2) is 9.97 Å². The molecule has 5 heteroatoms. The zero-order valence-corrected chi connectivity index (χ0v) is 14.6. The van der Waals surface area contributed by atoms with Crippen LogP contribution in [-0.4, -0.2) is 22.1 Å². The van der Waals surface area contributed by atoms with E-state index in [0.717, 1.165) is 18.1 Å². The summed E-state index contributed by atoms with van der Waals surface area (Å²) in [5, 5.41) is 0. The van der Waals surface area contributed by atoms with Gasteiger partial charge in [0.15, 0.2) is 5.82 Å². The first-order chi connectivity index (χ1) is 12.3. The summed E-state index contributed by atoms with van der Waals surface area (Å²) >= 11 is 0. The van der Waals surface area contributed by atoms with Crippen LogP contribution in [0.4, 0.5) is 5.82 Å². The Balaban J connectivity index is 1.91. The van der Waals surface area contributed by atoms with Crippen LogP contribution in [0.2, 0.25) is 0 Å². The van der Waals surface area contributed by atoms with E-state index >= 15 is 0 Å². The third-order valence-corrected chi connectivity index (χ3v) is 3.99. The third-order valence-electron chi connectivity index (χ3n) is 3.99. The van der Waals surface area contributed by atoms with Gasteiger partial charge in [-0.15, -0.1) is 0 Å². The van der Waals surface area contributed by atoms with Crippen molar-refractivity contribution < 1.29 is 4.74 Å². The molecule has 3 rings (SSSR count). The first-order valence-electron chi connectivity index (χ1n) is 8.26. The third kappa shape index (κ3) is 4.61. The number of ether oxygens (including phenoxy) is 1. The Bertz CT molecular complexity index is 808. The number of rotatable bonds is 7. The number of aromatic nitrogens is 3. The molecule has 0 radical (unpaired) electrons. The summed E-state index contributed by atoms with van der Waals surface area (Å²) in [6.07, 6.45) is 3.59. The van der Waals surface area contributed by atoms with E-state index in [9.17, 15) is 0 Å². The Labute approximate surface area is 148 Å². The molecule has 1 aromatic carbocycles. The molecule has 0 N–H and O–H groups in total. The fourth-order valence-corrected chi connectivity index (χ4v) is 2.66. The highest BCUT2D eigenvalue weighted by molar-refractivity contribution is 5.41. The number of methoxy groups -OCH3 is 1. The second-order valence-electron chi connectivity index (χ2n) is 5.87. The Morgan fingerprint density at radius 3 is 2.52 bits per heavy atom.